The summed E-state index contributed by atoms with van der Waals surface area (Å²) in [5.41, 5.74) is 12.1. The number of anilines is 1. The number of hydrogen-bond donors (Lipinski definition) is 2. The van der Waals surface area contributed by atoms with Gasteiger partial charge in [0.2, 0.25) is 16.0 Å². The molecule has 0 radical (unpaired) electrons. The molecule has 158 valence electrons. The molecule has 0 atom stereocenters. The van der Waals surface area contributed by atoms with E-state index < -0.39 is 10.0 Å². The molecular formula is C22H27N5O2S. The Bertz CT molecular complexity index is 1130. The molecule has 0 spiro atoms. The molecule has 0 saturated carbocycles. The van der Waals surface area contributed by atoms with Crippen LogP contribution in [-0.2, 0) is 22.9 Å². The summed E-state index contributed by atoms with van der Waals surface area (Å²) in [6, 6.07) is 11.4. The maximum Gasteiger partial charge on any atom is 0.239 e. The summed E-state index contributed by atoms with van der Waals surface area (Å²) in [5.74, 6) is 0.294. The first-order chi connectivity index (χ1) is 14.2. The maximum atomic E-state index is 11.3. The van der Waals surface area contributed by atoms with Gasteiger partial charge in [0.05, 0.1) is 5.69 Å². The Hall–Kier alpha value is -2.84. The second-order valence-electron chi connectivity index (χ2n) is 7.44. The molecule has 0 aliphatic carbocycles. The van der Waals surface area contributed by atoms with E-state index in [1.54, 1.807) is 6.07 Å². The summed E-state index contributed by atoms with van der Waals surface area (Å²) < 4.78 is 22.5. The molecule has 3 aromatic rings. The first-order valence-electron chi connectivity index (χ1n) is 9.92. The maximum absolute atomic E-state index is 11.3. The monoisotopic (exact) mass is 425 g/mol. The fraction of sp³-hybridized carbons (Fsp3) is 0.318. The van der Waals surface area contributed by atoms with Gasteiger partial charge in [0.25, 0.3) is 0 Å². The van der Waals surface area contributed by atoms with Crippen LogP contribution in [0.4, 0.5) is 5.95 Å². The summed E-state index contributed by atoms with van der Waals surface area (Å²) in [7, 11) is -3.70. The third-order valence-electron chi connectivity index (χ3n) is 5.17. The normalized spacial score (nSPS) is 11.6. The summed E-state index contributed by atoms with van der Waals surface area (Å²) >= 11 is 0. The highest BCUT2D eigenvalue weighted by atomic mass is 32.2. The van der Waals surface area contributed by atoms with Crippen LogP contribution < -0.4 is 10.9 Å². The van der Waals surface area contributed by atoms with E-state index in [2.05, 4.69) is 40.9 Å². The van der Waals surface area contributed by atoms with Crippen molar-refractivity contribution >= 4 is 16.0 Å². The van der Waals surface area contributed by atoms with Crippen LogP contribution in [0.5, 0.6) is 0 Å². The zero-order chi connectivity index (χ0) is 21.7. The summed E-state index contributed by atoms with van der Waals surface area (Å²) in [6.45, 7) is 4.17. The fourth-order valence-corrected chi connectivity index (χ4v) is 3.79. The van der Waals surface area contributed by atoms with E-state index in [1.807, 2.05) is 12.1 Å². The second kappa shape index (κ2) is 9.32. The van der Waals surface area contributed by atoms with Crippen LogP contribution in [0.15, 0.2) is 47.5 Å². The Kier molecular flexibility index (Phi) is 6.79. The number of aromatic nitrogens is 3. The van der Waals surface area contributed by atoms with Crippen molar-refractivity contribution in [1.82, 2.24) is 15.0 Å². The van der Waals surface area contributed by atoms with E-state index in [0.29, 0.717) is 5.95 Å². The number of pyridine rings is 1. The zero-order valence-electron chi connectivity index (χ0n) is 17.3. The Balaban J connectivity index is 1.55. The van der Waals surface area contributed by atoms with Crippen molar-refractivity contribution in [2.24, 2.45) is 5.14 Å². The van der Waals surface area contributed by atoms with Crippen molar-refractivity contribution in [3.05, 3.63) is 65.1 Å². The molecule has 3 rings (SSSR count). The van der Waals surface area contributed by atoms with E-state index in [-0.39, 0.29) is 4.90 Å². The first kappa shape index (κ1) is 21.9. The van der Waals surface area contributed by atoms with Gasteiger partial charge in [-0.1, -0.05) is 24.6 Å². The van der Waals surface area contributed by atoms with Gasteiger partial charge < -0.3 is 5.73 Å². The highest BCUT2D eigenvalue weighted by molar-refractivity contribution is 7.89. The Morgan fingerprint density at radius 3 is 2.33 bits per heavy atom. The van der Waals surface area contributed by atoms with Crippen LogP contribution in [-0.4, -0.2) is 23.4 Å². The average Bonchev–Trinajstić information content (AvgIpc) is 2.69. The molecule has 0 amide bonds. The summed E-state index contributed by atoms with van der Waals surface area (Å²) in [6.07, 6.45) is 5.83. The number of unbranched alkanes of at least 4 members (excludes halogenated alkanes) is 2. The van der Waals surface area contributed by atoms with Gasteiger partial charge in [-0.2, -0.15) is 0 Å². The number of rotatable bonds is 8. The van der Waals surface area contributed by atoms with Crippen molar-refractivity contribution in [3.63, 3.8) is 0 Å². The molecule has 0 bridgehead atoms. The first-order valence-corrected chi connectivity index (χ1v) is 11.5. The van der Waals surface area contributed by atoms with E-state index in [4.69, 9.17) is 10.9 Å². The molecule has 4 N–H and O–H groups in total. The Morgan fingerprint density at radius 1 is 0.933 bits per heavy atom. The van der Waals surface area contributed by atoms with Gasteiger partial charge in [0.15, 0.2) is 0 Å². The number of primary sulfonamides is 1. The van der Waals surface area contributed by atoms with Gasteiger partial charge in [0, 0.05) is 23.1 Å². The number of sulfonamides is 1. The molecule has 0 saturated heterocycles. The van der Waals surface area contributed by atoms with Crippen LogP contribution in [0, 0.1) is 13.8 Å². The van der Waals surface area contributed by atoms with Crippen molar-refractivity contribution in [3.8, 4) is 11.3 Å². The Labute approximate surface area is 177 Å². The largest absolute Gasteiger partial charge is 0.368 e. The lowest BCUT2D eigenvalue weighted by Crippen LogP contribution is -2.12. The predicted octanol–water partition coefficient (Wildman–Crippen LogP) is 3.34. The van der Waals surface area contributed by atoms with Crippen LogP contribution in [0.25, 0.3) is 11.3 Å². The van der Waals surface area contributed by atoms with Gasteiger partial charge in [-0.15, -0.1) is 0 Å². The van der Waals surface area contributed by atoms with E-state index in [9.17, 15) is 8.42 Å². The third kappa shape index (κ3) is 5.61. The second-order valence-corrected chi connectivity index (χ2v) is 9.00. The quantitative estimate of drug-likeness (QED) is 0.533. The SMILES string of the molecule is Cc1cccc(-c2cc(CCCCCc3ccc(S(N)(=O)=O)cn3)nc(N)n2)c1C. The van der Waals surface area contributed by atoms with E-state index >= 15 is 0 Å². The molecule has 0 aliphatic rings. The number of nitrogens with two attached hydrogens (primary N) is 2. The number of hydrogen-bond acceptors (Lipinski definition) is 6. The molecule has 8 heteroatoms. The minimum Gasteiger partial charge on any atom is -0.368 e. The molecule has 0 aliphatic heterocycles. The molecule has 0 unspecified atom stereocenters. The molecule has 2 aromatic heterocycles. The summed E-state index contributed by atoms with van der Waals surface area (Å²) in [4.78, 5) is 13.0. The number of nitrogen functional groups attached to an aromatic ring is 1. The zero-order valence-corrected chi connectivity index (χ0v) is 18.1. The highest BCUT2D eigenvalue weighted by Crippen LogP contribution is 2.25. The minimum absolute atomic E-state index is 0.0345. The number of nitrogens with zero attached hydrogens (tertiary/aromatic N) is 3. The molecule has 30 heavy (non-hydrogen) atoms. The van der Waals surface area contributed by atoms with Crippen LogP contribution in [0.3, 0.4) is 0 Å². The number of benzene rings is 1. The van der Waals surface area contributed by atoms with Gasteiger partial charge in [-0.05, 0) is 68.9 Å². The highest BCUT2D eigenvalue weighted by Gasteiger charge is 2.10. The molecule has 1 aromatic carbocycles. The van der Waals surface area contributed by atoms with Gasteiger partial charge in [-0.3, -0.25) is 4.98 Å². The van der Waals surface area contributed by atoms with Crippen LogP contribution in [0.2, 0.25) is 0 Å². The molecule has 2 heterocycles. The molecular weight excluding hydrogens is 398 g/mol. The lowest BCUT2D eigenvalue weighted by molar-refractivity contribution is 0.597. The van der Waals surface area contributed by atoms with Gasteiger partial charge in [-0.25, -0.2) is 23.5 Å². The van der Waals surface area contributed by atoms with Crippen molar-refractivity contribution in [1.29, 1.82) is 0 Å². The van der Waals surface area contributed by atoms with Crippen molar-refractivity contribution < 1.29 is 8.42 Å². The van der Waals surface area contributed by atoms with E-state index in [1.165, 1.54) is 23.4 Å². The van der Waals surface area contributed by atoms with Crippen LogP contribution in [0.1, 0.15) is 41.8 Å². The third-order valence-corrected chi connectivity index (χ3v) is 6.07. The van der Waals surface area contributed by atoms with Crippen LogP contribution >= 0.6 is 0 Å². The van der Waals surface area contributed by atoms with Gasteiger partial charge in [0.1, 0.15) is 4.90 Å². The molecule has 0 fully saturated rings. The predicted molar refractivity (Wildman–Crippen MR) is 118 cm³/mol. The molecule has 7 nitrogen and oxygen atoms in total. The van der Waals surface area contributed by atoms with Gasteiger partial charge >= 0.3 is 0 Å². The fourth-order valence-electron chi connectivity index (χ4n) is 3.33. The standard InChI is InChI=1S/C22H27N5O2S/c1-15-7-6-10-20(16(15)2)21-13-18(26-22(23)27-21)9-5-3-4-8-17-11-12-19(14-25-17)30(24,28)29/h6-7,10-14H,3-5,8-9H2,1-2H3,(H2,23,26,27)(H2,24,28,29). The lowest BCUT2D eigenvalue weighted by Gasteiger charge is -2.10. The minimum atomic E-state index is -3.70. The van der Waals surface area contributed by atoms with Crippen molar-refractivity contribution in [2.45, 2.75) is 50.8 Å². The lowest BCUT2D eigenvalue weighted by atomic mass is 10.00. The number of aryl methyl sites for hydroxylation is 3. The average molecular weight is 426 g/mol. The topological polar surface area (TPSA) is 125 Å². The smallest absolute Gasteiger partial charge is 0.239 e. The summed E-state index contributed by atoms with van der Waals surface area (Å²) in [5, 5.41) is 5.09. The Morgan fingerprint density at radius 2 is 1.67 bits per heavy atom. The van der Waals surface area contributed by atoms with Crippen molar-refractivity contribution in [2.75, 3.05) is 5.73 Å². The van der Waals surface area contributed by atoms with E-state index in [0.717, 1.165) is 54.7 Å².